The van der Waals surface area contributed by atoms with E-state index in [0.29, 0.717) is 78.2 Å². The average molecular weight is 645 g/mol. The molecule has 0 spiro atoms. The third kappa shape index (κ3) is 7.30. The molecule has 6 rings (SSSR count). The molecule has 3 N–H and O–H groups in total. The highest BCUT2D eigenvalue weighted by atomic mass is 16.5. The predicted octanol–water partition coefficient (Wildman–Crippen LogP) is 5.95. The first-order chi connectivity index (χ1) is 23.3. The monoisotopic (exact) mass is 644 g/mol. The van der Waals surface area contributed by atoms with Crippen LogP contribution >= 0.6 is 0 Å². The first kappa shape index (κ1) is 32.6. The second kappa shape index (κ2) is 14.2. The molecule has 1 aliphatic rings. The van der Waals surface area contributed by atoms with Crippen molar-refractivity contribution in [2.45, 2.75) is 52.2 Å². The minimum Gasteiger partial charge on any atom is -0.492 e. The number of hydrogen-bond donors (Lipinski definition) is 3. The minimum absolute atomic E-state index is 0.291. The van der Waals surface area contributed by atoms with Crippen LogP contribution in [-0.4, -0.2) is 67.5 Å². The number of benzene rings is 2. The highest BCUT2D eigenvalue weighted by molar-refractivity contribution is 6.05. The van der Waals surface area contributed by atoms with Gasteiger partial charge in [0.25, 0.3) is 0 Å². The summed E-state index contributed by atoms with van der Waals surface area (Å²) in [4.78, 5) is 24.5. The van der Waals surface area contributed by atoms with Gasteiger partial charge < -0.3 is 20.5 Å². The number of ether oxygens (including phenoxy) is 1. The van der Waals surface area contributed by atoms with Gasteiger partial charge in [-0.05, 0) is 69.5 Å². The Kier molecular flexibility index (Phi) is 9.66. The molecule has 1 amide bonds. The highest BCUT2D eigenvalue weighted by Crippen LogP contribution is 2.38. The zero-order valence-corrected chi connectivity index (χ0v) is 27.5. The quantitative estimate of drug-likeness (QED) is 0.149. The van der Waals surface area contributed by atoms with E-state index in [4.69, 9.17) is 9.72 Å². The van der Waals surface area contributed by atoms with Crippen molar-refractivity contribution in [3.05, 3.63) is 90.0 Å². The smallest absolute Gasteiger partial charge is 0.248 e. The van der Waals surface area contributed by atoms with Crippen LogP contribution in [0.2, 0.25) is 0 Å². The van der Waals surface area contributed by atoms with Gasteiger partial charge in [-0.1, -0.05) is 19.1 Å². The summed E-state index contributed by atoms with van der Waals surface area (Å²) in [6.07, 6.45) is 8.93. The number of likely N-dealkylation sites (tertiary alicyclic amines) is 1. The van der Waals surface area contributed by atoms with Gasteiger partial charge in [0.05, 0.1) is 64.3 Å². The Labute approximate surface area is 279 Å². The number of aryl methyl sites for hydroxylation is 1. The van der Waals surface area contributed by atoms with Crippen molar-refractivity contribution in [1.29, 1.82) is 5.26 Å². The van der Waals surface area contributed by atoms with Crippen LogP contribution in [0, 0.1) is 11.3 Å². The third-order valence-electron chi connectivity index (χ3n) is 8.68. The van der Waals surface area contributed by atoms with Crippen molar-refractivity contribution in [3.8, 4) is 11.8 Å². The van der Waals surface area contributed by atoms with Gasteiger partial charge in [0.1, 0.15) is 11.8 Å². The summed E-state index contributed by atoms with van der Waals surface area (Å²) >= 11 is 0. The Bertz CT molecular complexity index is 2000. The number of carbonyl (C=O) groups is 1. The van der Waals surface area contributed by atoms with E-state index in [1.807, 2.05) is 86.3 Å². The third-order valence-corrected chi connectivity index (χ3v) is 8.68. The van der Waals surface area contributed by atoms with Gasteiger partial charge in [0.2, 0.25) is 5.91 Å². The van der Waals surface area contributed by atoms with E-state index in [0.717, 1.165) is 35.4 Å². The van der Waals surface area contributed by atoms with E-state index in [9.17, 15) is 15.2 Å². The van der Waals surface area contributed by atoms with Gasteiger partial charge in [-0.3, -0.25) is 24.3 Å². The standard InChI is InChI=1S/C37H40N8O3/c1-4-30-29(22-38)36(41-26-11-12-33-25(19-26)23-40-45(33)24-27-9-6-7-15-39-27)28-20-32(34(48-5-2)21-31(28)42-30)43-35(46)10-8-16-44-17-13-37(3,47)14-18-44/h6-12,15,19-21,23,47H,4-5,13-14,16-18,24H2,1-3H3,(H,41,42)(H,43,46)/b10-8+. The van der Waals surface area contributed by atoms with Crippen LogP contribution in [0.3, 0.4) is 0 Å². The number of fused-ring (bicyclic) bond motifs is 2. The molecule has 48 heavy (non-hydrogen) atoms. The zero-order chi connectivity index (χ0) is 33.7. The van der Waals surface area contributed by atoms with E-state index < -0.39 is 5.60 Å². The summed E-state index contributed by atoms with van der Waals surface area (Å²) in [6.45, 7) is 8.86. The van der Waals surface area contributed by atoms with Crippen molar-refractivity contribution >= 4 is 44.8 Å². The molecule has 2 aromatic carbocycles. The SMILES string of the molecule is CCOc1cc2nc(CC)c(C#N)c(Nc3ccc4c(cnn4Cc4ccccn4)c3)c2cc1NC(=O)/C=C/CN1CCC(C)(O)CC1. The molecule has 0 radical (unpaired) electrons. The van der Waals surface area contributed by atoms with Crippen molar-refractivity contribution in [2.75, 3.05) is 36.9 Å². The van der Waals surface area contributed by atoms with E-state index in [-0.39, 0.29) is 5.91 Å². The number of nitriles is 1. The fourth-order valence-electron chi connectivity index (χ4n) is 6.00. The second-order valence-corrected chi connectivity index (χ2v) is 12.3. The van der Waals surface area contributed by atoms with Crippen LogP contribution in [0.5, 0.6) is 5.75 Å². The van der Waals surface area contributed by atoms with Crippen molar-refractivity contribution in [2.24, 2.45) is 0 Å². The van der Waals surface area contributed by atoms with Crippen LogP contribution in [0.15, 0.2) is 73.1 Å². The average Bonchev–Trinajstić information content (AvgIpc) is 3.47. The van der Waals surface area contributed by atoms with Crippen molar-refractivity contribution in [1.82, 2.24) is 24.6 Å². The molecule has 0 unspecified atom stereocenters. The number of carbonyl (C=O) groups excluding carboxylic acids is 1. The Morgan fingerprint density at radius 3 is 2.73 bits per heavy atom. The van der Waals surface area contributed by atoms with E-state index in [1.54, 1.807) is 6.20 Å². The lowest BCUT2D eigenvalue weighted by molar-refractivity contribution is -0.112. The molecule has 11 heteroatoms. The molecule has 1 fully saturated rings. The number of nitrogens with zero attached hydrogens (tertiary/aromatic N) is 6. The van der Waals surface area contributed by atoms with Crippen molar-refractivity contribution < 1.29 is 14.6 Å². The van der Waals surface area contributed by atoms with Gasteiger partial charge in [0.15, 0.2) is 0 Å². The molecule has 3 aromatic heterocycles. The summed E-state index contributed by atoms with van der Waals surface area (Å²) in [5.74, 6) is 0.206. The number of aromatic nitrogens is 4. The van der Waals surface area contributed by atoms with Crippen LogP contribution < -0.4 is 15.4 Å². The number of amides is 1. The summed E-state index contributed by atoms with van der Waals surface area (Å²) in [7, 11) is 0. The van der Waals surface area contributed by atoms with E-state index >= 15 is 0 Å². The van der Waals surface area contributed by atoms with Gasteiger partial charge in [0, 0.05) is 54.4 Å². The van der Waals surface area contributed by atoms with Crippen LogP contribution in [0.1, 0.15) is 50.6 Å². The molecule has 1 aliphatic heterocycles. The molecular weight excluding hydrogens is 604 g/mol. The molecule has 0 aliphatic carbocycles. The first-order valence-corrected chi connectivity index (χ1v) is 16.3. The first-order valence-electron chi connectivity index (χ1n) is 16.3. The highest BCUT2D eigenvalue weighted by Gasteiger charge is 2.26. The molecule has 0 saturated carbocycles. The van der Waals surface area contributed by atoms with Gasteiger partial charge >= 0.3 is 0 Å². The predicted molar refractivity (Wildman–Crippen MR) is 187 cm³/mol. The molecule has 0 atom stereocenters. The number of aliphatic hydroxyl groups is 1. The lowest BCUT2D eigenvalue weighted by Crippen LogP contribution is -2.42. The van der Waals surface area contributed by atoms with Crippen LogP contribution in [0.25, 0.3) is 21.8 Å². The zero-order valence-electron chi connectivity index (χ0n) is 27.5. The fourth-order valence-corrected chi connectivity index (χ4v) is 6.00. The Morgan fingerprint density at radius 1 is 1.17 bits per heavy atom. The number of nitrogens with one attached hydrogen (secondary N) is 2. The summed E-state index contributed by atoms with van der Waals surface area (Å²) in [5.41, 5.74) is 4.89. The molecule has 5 aromatic rings. The van der Waals surface area contributed by atoms with Gasteiger partial charge in [-0.2, -0.15) is 10.4 Å². The largest absolute Gasteiger partial charge is 0.492 e. The lowest BCUT2D eigenvalue weighted by atomic mass is 9.94. The van der Waals surface area contributed by atoms with Gasteiger partial charge in [-0.15, -0.1) is 0 Å². The molecule has 0 bridgehead atoms. The molecule has 246 valence electrons. The number of hydrogen-bond acceptors (Lipinski definition) is 9. The summed E-state index contributed by atoms with van der Waals surface area (Å²) in [5, 5.41) is 33.2. The maximum absolute atomic E-state index is 13.1. The minimum atomic E-state index is -0.619. The number of anilines is 3. The Balaban J connectivity index is 1.30. The summed E-state index contributed by atoms with van der Waals surface area (Å²) in [6, 6.07) is 17.8. The number of rotatable bonds is 11. The van der Waals surface area contributed by atoms with Crippen molar-refractivity contribution in [3.63, 3.8) is 0 Å². The number of piperidine rings is 1. The van der Waals surface area contributed by atoms with Crippen LogP contribution in [0.4, 0.5) is 17.1 Å². The maximum atomic E-state index is 13.1. The Hall–Kier alpha value is -5.31. The molecule has 4 heterocycles. The second-order valence-electron chi connectivity index (χ2n) is 12.3. The molecule has 1 saturated heterocycles. The lowest BCUT2D eigenvalue weighted by Gasteiger charge is -2.35. The summed E-state index contributed by atoms with van der Waals surface area (Å²) < 4.78 is 7.85. The fraction of sp³-hybridized carbons (Fsp3) is 0.324. The van der Waals surface area contributed by atoms with E-state index in [1.165, 1.54) is 6.08 Å². The van der Waals surface area contributed by atoms with Crippen LogP contribution in [-0.2, 0) is 17.8 Å². The van der Waals surface area contributed by atoms with E-state index in [2.05, 4.69) is 31.7 Å². The molecule has 11 nitrogen and oxygen atoms in total. The topological polar surface area (TPSA) is 141 Å². The normalized spacial score (nSPS) is 14.7. The molecular formula is C37H40N8O3. The number of pyridine rings is 2. The maximum Gasteiger partial charge on any atom is 0.248 e. The van der Waals surface area contributed by atoms with Gasteiger partial charge in [-0.25, -0.2) is 0 Å². The Morgan fingerprint density at radius 2 is 2.00 bits per heavy atom.